The SMILES string of the molecule is CCC(O)c1cc(C)c(Cl)cc1N1CCN(C(=O)OC(C)(C)C)CC1. The van der Waals surface area contributed by atoms with Crippen molar-refractivity contribution in [2.45, 2.75) is 52.7 Å². The lowest BCUT2D eigenvalue weighted by Gasteiger charge is -2.38. The van der Waals surface area contributed by atoms with Crippen LogP contribution in [-0.4, -0.2) is 47.9 Å². The van der Waals surface area contributed by atoms with Gasteiger partial charge in [0.25, 0.3) is 0 Å². The second-order valence-corrected chi connectivity index (χ2v) is 7.95. The molecule has 1 heterocycles. The van der Waals surface area contributed by atoms with Crippen LogP contribution < -0.4 is 4.90 Å². The molecular formula is C19H29ClN2O3. The molecule has 2 rings (SSSR count). The highest BCUT2D eigenvalue weighted by atomic mass is 35.5. The van der Waals surface area contributed by atoms with Crippen molar-refractivity contribution in [3.8, 4) is 0 Å². The molecule has 0 aromatic heterocycles. The molecule has 1 saturated heterocycles. The van der Waals surface area contributed by atoms with E-state index in [1.165, 1.54) is 0 Å². The minimum atomic E-state index is -0.519. The maximum atomic E-state index is 12.2. The van der Waals surface area contributed by atoms with Crippen LogP contribution in [0.4, 0.5) is 10.5 Å². The predicted octanol–water partition coefficient (Wildman–Crippen LogP) is 4.15. The van der Waals surface area contributed by atoms with E-state index in [-0.39, 0.29) is 6.09 Å². The number of aliphatic hydroxyl groups excluding tert-OH is 1. The van der Waals surface area contributed by atoms with Crippen molar-refractivity contribution >= 4 is 23.4 Å². The minimum absolute atomic E-state index is 0.275. The van der Waals surface area contributed by atoms with Crippen molar-refractivity contribution in [2.75, 3.05) is 31.1 Å². The first kappa shape index (κ1) is 19.9. The number of ether oxygens (including phenoxy) is 1. The average molecular weight is 369 g/mol. The van der Waals surface area contributed by atoms with Crippen molar-refractivity contribution in [3.05, 3.63) is 28.3 Å². The lowest BCUT2D eigenvalue weighted by Crippen LogP contribution is -2.50. The molecule has 1 N–H and O–H groups in total. The van der Waals surface area contributed by atoms with Gasteiger partial charge in [-0.2, -0.15) is 0 Å². The van der Waals surface area contributed by atoms with Gasteiger partial charge in [0, 0.05) is 42.5 Å². The monoisotopic (exact) mass is 368 g/mol. The topological polar surface area (TPSA) is 53.0 Å². The number of piperazine rings is 1. The van der Waals surface area contributed by atoms with Gasteiger partial charge in [-0.15, -0.1) is 0 Å². The smallest absolute Gasteiger partial charge is 0.410 e. The third-order valence-electron chi connectivity index (χ3n) is 4.33. The number of halogens is 1. The summed E-state index contributed by atoms with van der Waals surface area (Å²) in [6, 6.07) is 3.89. The quantitative estimate of drug-likeness (QED) is 0.870. The number of carbonyl (C=O) groups is 1. The van der Waals surface area contributed by atoms with E-state index in [2.05, 4.69) is 4.90 Å². The van der Waals surface area contributed by atoms with E-state index in [1.807, 2.05) is 46.8 Å². The second kappa shape index (κ2) is 7.83. The van der Waals surface area contributed by atoms with Gasteiger partial charge in [-0.25, -0.2) is 4.79 Å². The van der Waals surface area contributed by atoms with E-state index in [0.29, 0.717) is 37.6 Å². The Morgan fingerprint density at radius 1 is 1.28 bits per heavy atom. The summed E-state index contributed by atoms with van der Waals surface area (Å²) in [5, 5.41) is 11.1. The van der Waals surface area contributed by atoms with Crippen molar-refractivity contribution in [3.63, 3.8) is 0 Å². The Labute approximate surface area is 155 Å². The lowest BCUT2D eigenvalue weighted by molar-refractivity contribution is 0.0240. The summed E-state index contributed by atoms with van der Waals surface area (Å²) in [5.41, 5.74) is 2.32. The molecule has 1 aliphatic heterocycles. The fourth-order valence-electron chi connectivity index (χ4n) is 2.91. The van der Waals surface area contributed by atoms with Crippen molar-refractivity contribution in [1.82, 2.24) is 4.90 Å². The highest BCUT2D eigenvalue weighted by molar-refractivity contribution is 6.31. The zero-order valence-electron chi connectivity index (χ0n) is 15.8. The number of aliphatic hydroxyl groups is 1. The maximum Gasteiger partial charge on any atom is 0.410 e. The second-order valence-electron chi connectivity index (χ2n) is 7.54. The van der Waals surface area contributed by atoms with Crippen molar-refractivity contribution < 1.29 is 14.6 Å². The molecule has 0 radical (unpaired) electrons. The molecule has 1 aromatic rings. The van der Waals surface area contributed by atoms with Crippen molar-refractivity contribution in [2.24, 2.45) is 0 Å². The number of amides is 1. The number of hydrogen-bond acceptors (Lipinski definition) is 4. The normalized spacial score (nSPS) is 16.8. The first-order valence-corrected chi connectivity index (χ1v) is 9.21. The number of nitrogens with zero attached hydrogens (tertiary/aromatic N) is 2. The van der Waals surface area contributed by atoms with Crippen LogP contribution in [0.1, 0.15) is 51.3 Å². The number of carbonyl (C=O) groups excluding carboxylic acids is 1. The van der Waals surface area contributed by atoms with E-state index in [4.69, 9.17) is 16.3 Å². The molecule has 1 aliphatic rings. The standard InChI is InChI=1S/C19H29ClN2O3/c1-6-17(23)14-11-13(2)15(20)12-16(14)21-7-9-22(10-8-21)18(24)25-19(3,4)5/h11-12,17,23H,6-10H2,1-5H3. The number of rotatable bonds is 3. The lowest BCUT2D eigenvalue weighted by atomic mass is 10.0. The number of aryl methyl sites for hydroxylation is 1. The minimum Gasteiger partial charge on any atom is -0.444 e. The first-order valence-electron chi connectivity index (χ1n) is 8.83. The van der Waals surface area contributed by atoms with Crippen LogP contribution in [0.2, 0.25) is 5.02 Å². The molecule has 1 amide bonds. The van der Waals surface area contributed by atoms with Gasteiger partial charge in [0.05, 0.1) is 6.10 Å². The summed E-state index contributed by atoms with van der Waals surface area (Å²) in [6.45, 7) is 12.0. The summed E-state index contributed by atoms with van der Waals surface area (Å²) in [6.07, 6.45) is -0.149. The van der Waals surface area contributed by atoms with E-state index >= 15 is 0 Å². The van der Waals surface area contributed by atoms with Crippen LogP contribution >= 0.6 is 11.6 Å². The van der Waals surface area contributed by atoms with Crippen LogP contribution in [0.15, 0.2) is 12.1 Å². The molecule has 1 unspecified atom stereocenters. The van der Waals surface area contributed by atoms with Gasteiger partial charge < -0.3 is 19.6 Å². The number of benzene rings is 1. The maximum absolute atomic E-state index is 12.2. The molecule has 25 heavy (non-hydrogen) atoms. The molecule has 1 fully saturated rings. The van der Waals surface area contributed by atoms with E-state index in [9.17, 15) is 9.90 Å². The highest BCUT2D eigenvalue weighted by Gasteiger charge is 2.27. The van der Waals surface area contributed by atoms with Crippen LogP contribution in [0, 0.1) is 6.92 Å². The average Bonchev–Trinajstić information content (AvgIpc) is 2.54. The Hall–Kier alpha value is -1.46. The summed E-state index contributed by atoms with van der Waals surface area (Å²) < 4.78 is 5.44. The van der Waals surface area contributed by atoms with Gasteiger partial charge in [-0.3, -0.25) is 0 Å². The zero-order valence-corrected chi connectivity index (χ0v) is 16.6. The Morgan fingerprint density at radius 2 is 1.88 bits per heavy atom. The van der Waals surface area contributed by atoms with Crippen LogP contribution in [0.5, 0.6) is 0 Å². The Bertz CT molecular complexity index is 620. The Balaban J connectivity index is 2.13. The third-order valence-corrected chi connectivity index (χ3v) is 4.73. The Kier molecular flexibility index (Phi) is 6.22. The van der Waals surface area contributed by atoms with Gasteiger partial charge in [0.1, 0.15) is 5.60 Å². The third kappa shape index (κ3) is 5.02. The van der Waals surface area contributed by atoms with Gasteiger partial charge in [0.2, 0.25) is 0 Å². The molecule has 0 bridgehead atoms. The molecule has 5 nitrogen and oxygen atoms in total. The molecule has 140 valence electrons. The van der Waals surface area contributed by atoms with E-state index in [0.717, 1.165) is 16.8 Å². The Morgan fingerprint density at radius 3 is 2.40 bits per heavy atom. The number of anilines is 1. The molecule has 0 aliphatic carbocycles. The summed E-state index contributed by atoms with van der Waals surface area (Å²) >= 11 is 6.31. The predicted molar refractivity (Wildman–Crippen MR) is 101 cm³/mol. The summed E-state index contributed by atoms with van der Waals surface area (Å²) in [7, 11) is 0. The molecule has 0 saturated carbocycles. The van der Waals surface area contributed by atoms with Gasteiger partial charge >= 0.3 is 6.09 Å². The summed E-state index contributed by atoms with van der Waals surface area (Å²) in [4.78, 5) is 16.1. The van der Waals surface area contributed by atoms with Gasteiger partial charge in [-0.05, 0) is 51.8 Å². The van der Waals surface area contributed by atoms with Gasteiger partial charge in [-0.1, -0.05) is 18.5 Å². The van der Waals surface area contributed by atoms with Crippen LogP contribution in [0.3, 0.4) is 0 Å². The molecule has 1 aromatic carbocycles. The number of hydrogen-bond donors (Lipinski definition) is 1. The fourth-order valence-corrected chi connectivity index (χ4v) is 3.07. The first-order chi connectivity index (χ1) is 11.6. The van der Waals surface area contributed by atoms with E-state index < -0.39 is 11.7 Å². The molecule has 6 heteroatoms. The molecular weight excluding hydrogens is 340 g/mol. The van der Waals surface area contributed by atoms with Crippen LogP contribution in [0.25, 0.3) is 0 Å². The summed E-state index contributed by atoms with van der Waals surface area (Å²) in [5.74, 6) is 0. The zero-order chi connectivity index (χ0) is 18.8. The molecule has 1 atom stereocenters. The van der Waals surface area contributed by atoms with E-state index in [1.54, 1.807) is 4.90 Å². The largest absolute Gasteiger partial charge is 0.444 e. The van der Waals surface area contributed by atoms with Crippen LogP contribution in [-0.2, 0) is 4.74 Å². The molecule has 0 spiro atoms. The highest BCUT2D eigenvalue weighted by Crippen LogP contribution is 2.34. The van der Waals surface area contributed by atoms with Crippen molar-refractivity contribution in [1.29, 1.82) is 0 Å². The fraction of sp³-hybridized carbons (Fsp3) is 0.632. The van der Waals surface area contributed by atoms with Gasteiger partial charge in [0.15, 0.2) is 0 Å².